The molecule has 0 fully saturated rings. The van der Waals surface area contributed by atoms with Crippen molar-refractivity contribution in [2.45, 2.75) is 148 Å². The third-order valence-electron chi connectivity index (χ3n) is 5.85. The lowest BCUT2D eigenvalue weighted by atomic mass is 10.0. The lowest BCUT2D eigenvalue weighted by molar-refractivity contribution is -0.138. The monoisotopic (exact) mass is 397 g/mol. The van der Waals surface area contributed by atoms with Crippen LogP contribution in [0.3, 0.4) is 0 Å². The van der Waals surface area contributed by atoms with Gasteiger partial charge in [-0.25, -0.2) is 0 Å². The molecule has 0 aromatic carbocycles. The highest BCUT2D eigenvalue weighted by molar-refractivity contribution is 5.72. The fourth-order valence-corrected chi connectivity index (χ4v) is 3.79. The van der Waals surface area contributed by atoms with Gasteiger partial charge in [-0.3, -0.25) is 4.79 Å². The van der Waals surface area contributed by atoms with Crippen molar-refractivity contribution in [1.82, 2.24) is 5.32 Å². The third kappa shape index (κ3) is 21.7. The fraction of sp³-hybridized carbons (Fsp3) is 0.960. The molecule has 0 spiro atoms. The van der Waals surface area contributed by atoms with E-state index in [9.17, 15) is 4.79 Å². The van der Waals surface area contributed by atoms with Gasteiger partial charge >= 0.3 is 5.97 Å². The largest absolute Gasteiger partial charge is 0.480 e. The van der Waals surface area contributed by atoms with Gasteiger partial charge in [0.15, 0.2) is 0 Å². The first kappa shape index (κ1) is 27.4. The number of carboxylic acids is 1. The van der Waals surface area contributed by atoms with Crippen LogP contribution < -0.4 is 5.32 Å². The van der Waals surface area contributed by atoms with E-state index in [-0.39, 0.29) is 0 Å². The van der Waals surface area contributed by atoms with Crippen LogP contribution in [0.15, 0.2) is 0 Å². The number of hydrogen-bond acceptors (Lipinski definition) is 2. The molecular formula is C25H51NO2. The number of carbonyl (C=O) groups is 1. The Kier molecular flexibility index (Phi) is 22.3. The van der Waals surface area contributed by atoms with Gasteiger partial charge in [0.25, 0.3) is 0 Å². The van der Waals surface area contributed by atoms with E-state index < -0.39 is 12.0 Å². The molecule has 0 saturated carbocycles. The molecule has 0 radical (unpaired) electrons. The summed E-state index contributed by atoms with van der Waals surface area (Å²) in [7, 11) is 0. The second kappa shape index (κ2) is 22.7. The van der Waals surface area contributed by atoms with Gasteiger partial charge in [-0.05, 0) is 19.9 Å². The van der Waals surface area contributed by atoms with Crippen LogP contribution in [0.1, 0.15) is 142 Å². The van der Waals surface area contributed by atoms with Gasteiger partial charge in [-0.15, -0.1) is 0 Å². The van der Waals surface area contributed by atoms with E-state index in [1.54, 1.807) is 6.92 Å². The molecule has 0 saturated heterocycles. The first-order valence-electron chi connectivity index (χ1n) is 12.6. The SMILES string of the molecule is CCCCCCCCCCCCCCCCCCCCCCN[C@@H](C)C(=O)O. The summed E-state index contributed by atoms with van der Waals surface area (Å²) in [6.45, 7) is 4.82. The van der Waals surface area contributed by atoms with Crippen molar-refractivity contribution in [2.75, 3.05) is 6.54 Å². The Hall–Kier alpha value is -0.570. The Bertz CT molecular complexity index is 320. The lowest BCUT2D eigenvalue weighted by Crippen LogP contribution is -2.34. The molecule has 168 valence electrons. The molecule has 0 aromatic heterocycles. The maximum absolute atomic E-state index is 10.7. The molecule has 0 aliphatic heterocycles. The topological polar surface area (TPSA) is 49.3 Å². The second-order valence-corrected chi connectivity index (χ2v) is 8.73. The van der Waals surface area contributed by atoms with Crippen LogP contribution in [0, 0.1) is 0 Å². The van der Waals surface area contributed by atoms with Gasteiger partial charge in [0.1, 0.15) is 6.04 Å². The van der Waals surface area contributed by atoms with E-state index in [0.29, 0.717) is 0 Å². The van der Waals surface area contributed by atoms with Gasteiger partial charge in [0, 0.05) is 0 Å². The summed E-state index contributed by atoms with van der Waals surface area (Å²) >= 11 is 0. The van der Waals surface area contributed by atoms with E-state index in [1.807, 2.05) is 0 Å². The summed E-state index contributed by atoms with van der Waals surface area (Å²) in [5, 5.41) is 11.8. The Labute approximate surface area is 176 Å². The zero-order valence-electron chi connectivity index (χ0n) is 19.3. The molecule has 2 N–H and O–H groups in total. The number of carboxylic acid groups (broad SMARTS) is 1. The molecule has 0 aromatic rings. The van der Waals surface area contributed by atoms with Crippen LogP contribution in [0.25, 0.3) is 0 Å². The van der Waals surface area contributed by atoms with Crippen LogP contribution >= 0.6 is 0 Å². The molecule has 0 amide bonds. The second-order valence-electron chi connectivity index (χ2n) is 8.73. The maximum Gasteiger partial charge on any atom is 0.320 e. The van der Waals surface area contributed by atoms with Crippen LogP contribution in [-0.2, 0) is 4.79 Å². The van der Waals surface area contributed by atoms with Crippen molar-refractivity contribution in [3.05, 3.63) is 0 Å². The first-order chi connectivity index (χ1) is 13.7. The molecule has 0 bridgehead atoms. The number of unbranched alkanes of at least 4 members (excludes halogenated alkanes) is 19. The highest BCUT2D eigenvalue weighted by atomic mass is 16.4. The predicted octanol–water partition coefficient (Wildman–Crippen LogP) is 7.87. The normalized spacial score (nSPS) is 12.4. The van der Waals surface area contributed by atoms with E-state index in [4.69, 9.17) is 5.11 Å². The molecule has 3 heteroatoms. The van der Waals surface area contributed by atoms with Gasteiger partial charge in [-0.1, -0.05) is 129 Å². The van der Waals surface area contributed by atoms with E-state index in [1.165, 1.54) is 122 Å². The molecule has 0 aliphatic carbocycles. The Morgan fingerprint density at radius 3 is 1.18 bits per heavy atom. The molecule has 0 heterocycles. The Morgan fingerprint density at radius 1 is 0.607 bits per heavy atom. The van der Waals surface area contributed by atoms with Crippen molar-refractivity contribution in [3.63, 3.8) is 0 Å². The van der Waals surface area contributed by atoms with Gasteiger partial charge in [0.05, 0.1) is 0 Å². The van der Waals surface area contributed by atoms with E-state index in [0.717, 1.165) is 13.0 Å². The highest BCUT2D eigenvalue weighted by Gasteiger charge is 2.07. The van der Waals surface area contributed by atoms with Crippen LogP contribution in [0.2, 0.25) is 0 Å². The van der Waals surface area contributed by atoms with E-state index >= 15 is 0 Å². The fourth-order valence-electron chi connectivity index (χ4n) is 3.79. The molecule has 3 nitrogen and oxygen atoms in total. The molecule has 1 atom stereocenters. The minimum atomic E-state index is -0.756. The summed E-state index contributed by atoms with van der Waals surface area (Å²) in [6.07, 6.45) is 27.8. The zero-order chi connectivity index (χ0) is 20.7. The van der Waals surface area contributed by atoms with Crippen molar-refractivity contribution in [3.8, 4) is 0 Å². The van der Waals surface area contributed by atoms with Crippen LogP contribution in [-0.4, -0.2) is 23.7 Å². The first-order valence-corrected chi connectivity index (χ1v) is 12.6. The van der Waals surface area contributed by atoms with Gasteiger partial charge in [0.2, 0.25) is 0 Å². The molecule has 28 heavy (non-hydrogen) atoms. The van der Waals surface area contributed by atoms with Crippen molar-refractivity contribution < 1.29 is 9.90 Å². The van der Waals surface area contributed by atoms with Crippen molar-refractivity contribution in [2.24, 2.45) is 0 Å². The summed E-state index contributed by atoms with van der Waals surface area (Å²) in [5.74, 6) is -0.756. The highest BCUT2D eigenvalue weighted by Crippen LogP contribution is 2.14. The summed E-state index contributed by atoms with van der Waals surface area (Å²) in [6, 6.07) is -0.416. The van der Waals surface area contributed by atoms with Gasteiger partial charge in [-0.2, -0.15) is 0 Å². The third-order valence-corrected chi connectivity index (χ3v) is 5.85. The lowest BCUT2D eigenvalue weighted by Gasteiger charge is -2.08. The van der Waals surface area contributed by atoms with Gasteiger partial charge < -0.3 is 10.4 Å². The zero-order valence-corrected chi connectivity index (χ0v) is 19.3. The van der Waals surface area contributed by atoms with Crippen molar-refractivity contribution in [1.29, 1.82) is 0 Å². The van der Waals surface area contributed by atoms with Crippen LogP contribution in [0.4, 0.5) is 0 Å². The molecule has 0 unspecified atom stereocenters. The molecule has 0 rings (SSSR count). The average Bonchev–Trinajstić information content (AvgIpc) is 2.68. The minimum absolute atomic E-state index is 0.416. The van der Waals surface area contributed by atoms with Crippen LogP contribution in [0.5, 0.6) is 0 Å². The number of aliphatic carboxylic acids is 1. The number of rotatable bonds is 23. The summed E-state index contributed by atoms with van der Waals surface area (Å²) < 4.78 is 0. The Balaban J connectivity index is 3.04. The number of nitrogens with one attached hydrogen (secondary N) is 1. The Morgan fingerprint density at radius 2 is 0.893 bits per heavy atom. The quantitative estimate of drug-likeness (QED) is 0.172. The standard InChI is InChI=1S/C25H51NO2/c1-3-4-5-6-7-8-9-10-11-12-13-14-15-16-17-18-19-20-21-22-23-26-24(2)25(27)28/h24,26H,3-23H2,1-2H3,(H,27,28)/t24-/m0/s1. The smallest absolute Gasteiger partial charge is 0.320 e. The maximum atomic E-state index is 10.7. The minimum Gasteiger partial charge on any atom is -0.480 e. The number of hydrogen-bond donors (Lipinski definition) is 2. The average molecular weight is 398 g/mol. The van der Waals surface area contributed by atoms with E-state index in [2.05, 4.69) is 12.2 Å². The molecule has 0 aliphatic rings. The summed E-state index contributed by atoms with van der Waals surface area (Å²) in [4.78, 5) is 10.7. The summed E-state index contributed by atoms with van der Waals surface area (Å²) in [5.41, 5.74) is 0. The molecular weight excluding hydrogens is 346 g/mol. The predicted molar refractivity (Wildman–Crippen MR) is 123 cm³/mol. The van der Waals surface area contributed by atoms with Crippen molar-refractivity contribution >= 4 is 5.97 Å².